The van der Waals surface area contributed by atoms with Gasteiger partial charge in [0, 0.05) is 0 Å². The molecule has 0 spiro atoms. The summed E-state index contributed by atoms with van der Waals surface area (Å²) < 4.78 is 10.3. The Labute approximate surface area is 87.5 Å². The number of aryl methyl sites for hydroxylation is 1. The predicted molar refractivity (Wildman–Crippen MR) is 54.2 cm³/mol. The summed E-state index contributed by atoms with van der Waals surface area (Å²) in [4.78, 5) is 4.28. The fraction of sp³-hybridized carbons (Fsp3) is 0.400. The molecule has 80 valence electrons. The minimum Gasteiger partial charge on any atom is -0.469 e. The molecule has 15 heavy (non-hydrogen) atoms. The average Bonchev–Trinajstić information content (AvgIpc) is 2.84. The van der Waals surface area contributed by atoms with E-state index in [0.717, 1.165) is 11.3 Å². The summed E-state index contributed by atoms with van der Waals surface area (Å²) in [5, 5.41) is 6.94. The number of nitrogens with zero attached hydrogens (tertiary/aromatic N) is 2. The van der Waals surface area contributed by atoms with Crippen LogP contribution >= 0.6 is 0 Å². The number of hydrogen-bond donors (Lipinski definition) is 1. The Morgan fingerprint density at radius 1 is 1.47 bits per heavy atom. The first kappa shape index (κ1) is 9.92. The van der Waals surface area contributed by atoms with E-state index >= 15 is 0 Å². The van der Waals surface area contributed by atoms with Crippen molar-refractivity contribution in [3.8, 4) is 11.4 Å². The van der Waals surface area contributed by atoms with Crippen LogP contribution in [-0.4, -0.2) is 17.2 Å². The monoisotopic (exact) mass is 207 g/mol. The summed E-state index contributed by atoms with van der Waals surface area (Å²) in [7, 11) is 1.84. The zero-order valence-corrected chi connectivity index (χ0v) is 8.94. The zero-order valence-electron chi connectivity index (χ0n) is 8.94. The van der Waals surface area contributed by atoms with Gasteiger partial charge >= 0.3 is 0 Å². The van der Waals surface area contributed by atoms with E-state index in [0.29, 0.717) is 11.7 Å². The highest BCUT2D eigenvalue weighted by Crippen LogP contribution is 2.22. The molecule has 0 aliphatic heterocycles. The van der Waals surface area contributed by atoms with E-state index in [1.54, 1.807) is 6.26 Å². The molecule has 5 nitrogen and oxygen atoms in total. The molecule has 0 saturated heterocycles. The first-order valence-corrected chi connectivity index (χ1v) is 4.77. The SMILES string of the molecule is CNC(C)c1nc(-c2ccoc2C)no1. The summed E-state index contributed by atoms with van der Waals surface area (Å²) in [5.41, 5.74) is 0.869. The first-order chi connectivity index (χ1) is 7.22. The Balaban J connectivity index is 2.32. The Bertz CT molecular complexity index is 447. The molecule has 0 radical (unpaired) electrons. The third kappa shape index (κ3) is 1.78. The molecule has 0 aliphatic carbocycles. The lowest BCUT2D eigenvalue weighted by molar-refractivity contribution is 0.347. The molecule has 0 saturated carbocycles. The summed E-state index contributed by atoms with van der Waals surface area (Å²) >= 11 is 0. The second-order valence-corrected chi connectivity index (χ2v) is 3.36. The molecule has 2 heterocycles. The maximum Gasteiger partial charge on any atom is 0.243 e. The van der Waals surface area contributed by atoms with E-state index in [4.69, 9.17) is 8.94 Å². The largest absolute Gasteiger partial charge is 0.469 e. The van der Waals surface area contributed by atoms with Crippen LogP contribution in [0.3, 0.4) is 0 Å². The zero-order chi connectivity index (χ0) is 10.8. The number of nitrogens with one attached hydrogen (secondary N) is 1. The maximum absolute atomic E-state index is 5.18. The van der Waals surface area contributed by atoms with Crippen LogP contribution in [0.4, 0.5) is 0 Å². The number of rotatable bonds is 3. The van der Waals surface area contributed by atoms with Crippen LogP contribution in [0.15, 0.2) is 21.3 Å². The topological polar surface area (TPSA) is 64.1 Å². The van der Waals surface area contributed by atoms with Gasteiger partial charge in [0.15, 0.2) is 0 Å². The molecule has 0 aliphatic rings. The Kier molecular flexibility index (Phi) is 2.55. The van der Waals surface area contributed by atoms with Gasteiger partial charge in [0.2, 0.25) is 11.7 Å². The van der Waals surface area contributed by atoms with Crippen molar-refractivity contribution < 1.29 is 8.94 Å². The van der Waals surface area contributed by atoms with Gasteiger partial charge in [-0.1, -0.05) is 5.16 Å². The molecular formula is C10H13N3O2. The van der Waals surface area contributed by atoms with Gasteiger partial charge in [-0.15, -0.1) is 0 Å². The maximum atomic E-state index is 5.18. The molecule has 2 aromatic rings. The minimum absolute atomic E-state index is 0.0541. The third-order valence-electron chi connectivity index (χ3n) is 2.34. The highest BCUT2D eigenvalue weighted by Gasteiger charge is 2.15. The smallest absolute Gasteiger partial charge is 0.243 e. The first-order valence-electron chi connectivity index (χ1n) is 4.77. The number of furan rings is 1. The molecule has 0 amide bonds. The fourth-order valence-electron chi connectivity index (χ4n) is 1.26. The standard InChI is InChI=1S/C10H13N3O2/c1-6(11-3)10-12-9(13-15-10)8-4-5-14-7(8)2/h4-6,11H,1-3H3. The number of hydrogen-bond acceptors (Lipinski definition) is 5. The van der Waals surface area contributed by atoms with Crippen molar-refractivity contribution in [1.82, 2.24) is 15.5 Å². The summed E-state index contributed by atoms with van der Waals surface area (Å²) in [6.07, 6.45) is 1.61. The van der Waals surface area contributed by atoms with Crippen molar-refractivity contribution in [2.24, 2.45) is 0 Å². The average molecular weight is 207 g/mol. The Morgan fingerprint density at radius 3 is 2.87 bits per heavy atom. The molecule has 1 atom stereocenters. The Morgan fingerprint density at radius 2 is 2.27 bits per heavy atom. The molecule has 2 rings (SSSR count). The quantitative estimate of drug-likeness (QED) is 0.832. The lowest BCUT2D eigenvalue weighted by Gasteiger charge is -2.01. The van der Waals surface area contributed by atoms with E-state index in [2.05, 4.69) is 15.5 Å². The molecule has 1 unspecified atom stereocenters. The second kappa shape index (κ2) is 3.86. The van der Waals surface area contributed by atoms with Gasteiger partial charge in [-0.05, 0) is 27.0 Å². The fourth-order valence-corrected chi connectivity index (χ4v) is 1.26. The van der Waals surface area contributed by atoms with Gasteiger partial charge in [-0.25, -0.2) is 0 Å². The van der Waals surface area contributed by atoms with Crippen molar-refractivity contribution in [1.29, 1.82) is 0 Å². The van der Waals surface area contributed by atoms with Gasteiger partial charge in [-0.3, -0.25) is 0 Å². The van der Waals surface area contributed by atoms with Gasteiger partial charge in [0.1, 0.15) is 5.76 Å². The van der Waals surface area contributed by atoms with Crippen molar-refractivity contribution in [2.45, 2.75) is 19.9 Å². The predicted octanol–water partition coefficient (Wildman–Crippen LogP) is 1.92. The van der Waals surface area contributed by atoms with E-state index in [1.165, 1.54) is 0 Å². The molecule has 0 bridgehead atoms. The van der Waals surface area contributed by atoms with Gasteiger partial charge < -0.3 is 14.3 Å². The third-order valence-corrected chi connectivity index (χ3v) is 2.34. The van der Waals surface area contributed by atoms with Crippen LogP contribution in [0, 0.1) is 6.92 Å². The van der Waals surface area contributed by atoms with Crippen molar-refractivity contribution in [3.63, 3.8) is 0 Å². The van der Waals surface area contributed by atoms with Crippen LogP contribution < -0.4 is 5.32 Å². The van der Waals surface area contributed by atoms with Crippen LogP contribution in [0.2, 0.25) is 0 Å². The normalized spacial score (nSPS) is 13.0. The van der Waals surface area contributed by atoms with Crippen molar-refractivity contribution in [3.05, 3.63) is 24.0 Å². The molecule has 0 aromatic carbocycles. The van der Waals surface area contributed by atoms with Crippen LogP contribution in [0.25, 0.3) is 11.4 Å². The van der Waals surface area contributed by atoms with Crippen LogP contribution in [0.5, 0.6) is 0 Å². The summed E-state index contributed by atoms with van der Waals surface area (Å²) in [5.74, 6) is 1.94. The minimum atomic E-state index is 0.0541. The highest BCUT2D eigenvalue weighted by atomic mass is 16.5. The molecule has 5 heteroatoms. The van der Waals surface area contributed by atoms with E-state index in [9.17, 15) is 0 Å². The lowest BCUT2D eigenvalue weighted by Crippen LogP contribution is -2.12. The van der Waals surface area contributed by atoms with Crippen LogP contribution in [-0.2, 0) is 0 Å². The van der Waals surface area contributed by atoms with E-state index in [1.807, 2.05) is 27.0 Å². The van der Waals surface area contributed by atoms with Crippen molar-refractivity contribution >= 4 is 0 Å². The highest BCUT2D eigenvalue weighted by molar-refractivity contribution is 5.56. The van der Waals surface area contributed by atoms with E-state index in [-0.39, 0.29) is 6.04 Å². The Hall–Kier alpha value is -1.62. The summed E-state index contributed by atoms with van der Waals surface area (Å²) in [6.45, 7) is 3.83. The summed E-state index contributed by atoms with van der Waals surface area (Å²) in [6, 6.07) is 1.88. The molecule has 1 N–H and O–H groups in total. The molecule has 2 aromatic heterocycles. The second-order valence-electron chi connectivity index (χ2n) is 3.36. The lowest BCUT2D eigenvalue weighted by atomic mass is 10.2. The van der Waals surface area contributed by atoms with Gasteiger partial charge in [-0.2, -0.15) is 4.98 Å². The van der Waals surface area contributed by atoms with Crippen LogP contribution in [0.1, 0.15) is 24.6 Å². The molecule has 0 fully saturated rings. The number of aromatic nitrogens is 2. The van der Waals surface area contributed by atoms with Crippen molar-refractivity contribution in [2.75, 3.05) is 7.05 Å². The molecular weight excluding hydrogens is 194 g/mol. The van der Waals surface area contributed by atoms with Gasteiger partial charge in [0.25, 0.3) is 0 Å². The van der Waals surface area contributed by atoms with Gasteiger partial charge in [0.05, 0.1) is 17.9 Å². The van der Waals surface area contributed by atoms with E-state index < -0.39 is 0 Å².